The number of hydrogen-bond donors (Lipinski definition) is 9. The van der Waals surface area contributed by atoms with Gasteiger partial charge < -0.3 is 65.0 Å². The Morgan fingerprint density at radius 1 is 0.864 bits per heavy atom. The molecule has 0 aliphatic carbocycles. The van der Waals surface area contributed by atoms with Crippen LogP contribution >= 0.6 is 7.60 Å². The van der Waals surface area contributed by atoms with Gasteiger partial charge in [-0.05, 0) is 67.2 Å². The molecular formula is C44H60N5Na2O14P. The van der Waals surface area contributed by atoms with E-state index in [4.69, 9.17) is 20.2 Å². The summed E-state index contributed by atoms with van der Waals surface area (Å²) in [7, 11) is -4.85. The molecule has 66 heavy (non-hydrogen) atoms. The van der Waals surface area contributed by atoms with Crippen molar-refractivity contribution < 1.29 is 127 Å². The van der Waals surface area contributed by atoms with Crippen LogP contribution < -0.4 is 85.6 Å². The van der Waals surface area contributed by atoms with Gasteiger partial charge in [-0.2, -0.15) is 0 Å². The number of para-hydroxylation sites is 2. The van der Waals surface area contributed by atoms with Crippen LogP contribution in [0.4, 0.5) is 0 Å². The molecule has 5 rings (SSSR count). The molecule has 22 heteroatoms. The molecule has 19 nitrogen and oxygen atoms in total. The van der Waals surface area contributed by atoms with Crippen LogP contribution in [0.15, 0.2) is 60.8 Å². The summed E-state index contributed by atoms with van der Waals surface area (Å²) in [5, 5.41) is 54.6. The number of primary amides is 1. The number of carboxylic acids is 1. The largest absolute Gasteiger partial charge is 1.00 e. The van der Waals surface area contributed by atoms with E-state index in [2.05, 4.69) is 15.3 Å². The van der Waals surface area contributed by atoms with Gasteiger partial charge in [0.1, 0.15) is 31.7 Å². The van der Waals surface area contributed by atoms with E-state index in [1.54, 1.807) is 37.7 Å². The van der Waals surface area contributed by atoms with Crippen LogP contribution in [0, 0.1) is 29.6 Å². The number of amides is 3. The number of rotatable bonds is 21. The quantitative estimate of drug-likeness (QED) is 0.0164. The van der Waals surface area contributed by atoms with Crippen molar-refractivity contribution in [2.45, 2.75) is 110 Å². The van der Waals surface area contributed by atoms with Gasteiger partial charge in [0, 0.05) is 65.6 Å². The number of aliphatic hydroxyl groups is 3. The summed E-state index contributed by atoms with van der Waals surface area (Å²) in [6.45, 7) is 8.81. The number of carboxylic acid groups (broad SMARTS) is 1. The normalized spacial score (nSPS) is 20.9. The standard InChI is InChI=1S/C24H35N2O10P.C20H27N3O4.2Na/c1-12(2)8-15(11-37(33,34)36-24-21(29)20(28)19(27)13(3)35-24)22(30)26-18(23(31)32)9-14-10-25-17-7-5-4-6-16(14)17;1-12(2)7-14(11-19(25)23-27)18(24)10-15(20(21)26)9-16-8-13-5-3-4-6-17(13)22-16;;/h4-7,10,12-13,15,18-21,24-25,27-29H,8-9,11H2,1-3H3,(H,26,30)(H,31,32)(H,33,34);3-6,8,12,14-15,22,27H,7,9-11H2,1-2H3,(H2,21,26)(H,23,25);;/q;;2*+1/p-2/t13?,15-,18+,19?,20?,21?,24?;14-,15-;;/m11../s1. The van der Waals surface area contributed by atoms with E-state index in [1.807, 2.05) is 56.3 Å². The van der Waals surface area contributed by atoms with Crippen LogP contribution in [0.25, 0.3) is 21.8 Å². The fraction of sp³-hybridized carbons (Fsp3) is 0.523. The summed E-state index contributed by atoms with van der Waals surface area (Å²) in [4.78, 5) is 80.2. The molecule has 352 valence electrons. The number of hydrogen-bond acceptors (Lipinski definition) is 14. The van der Waals surface area contributed by atoms with Gasteiger partial charge in [-0.3, -0.25) is 24.4 Å². The molecule has 1 aliphatic heterocycles. The molecule has 6 unspecified atom stereocenters. The molecule has 1 fully saturated rings. The molecule has 1 aliphatic rings. The first kappa shape index (κ1) is 59.1. The molecule has 3 heterocycles. The molecule has 10 N–H and O–H groups in total. The number of nitrogens with one attached hydrogen (secondary N) is 4. The van der Waals surface area contributed by atoms with Gasteiger partial charge >= 0.3 is 59.1 Å². The number of aromatic amines is 2. The van der Waals surface area contributed by atoms with E-state index in [9.17, 15) is 53.9 Å². The van der Waals surface area contributed by atoms with Crippen molar-refractivity contribution in [2.24, 2.45) is 35.3 Å². The first-order chi connectivity index (χ1) is 30.1. The average molecular weight is 960 g/mol. The van der Waals surface area contributed by atoms with E-state index in [0.717, 1.165) is 27.5 Å². The predicted octanol–water partition coefficient (Wildman–Crippen LogP) is -4.66. The Bertz CT molecular complexity index is 2240. The van der Waals surface area contributed by atoms with Crippen LogP contribution in [-0.4, -0.2) is 103 Å². The van der Waals surface area contributed by atoms with Crippen LogP contribution in [0.3, 0.4) is 0 Å². The van der Waals surface area contributed by atoms with Gasteiger partial charge in [-0.25, -0.2) is 5.48 Å². The third kappa shape index (κ3) is 17.5. The maximum absolute atomic E-state index is 13.1. The molecule has 4 aromatic rings. The number of aromatic nitrogens is 2. The van der Waals surface area contributed by atoms with Gasteiger partial charge in [0.15, 0.2) is 6.29 Å². The Kier molecular flexibility index (Phi) is 24.4. The summed E-state index contributed by atoms with van der Waals surface area (Å²) >= 11 is 0. The topological polar surface area (TPSA) is 330 Å². The number of ketones is 1. The summed E-state index contributed by atoms with van der Waals surface area (Å²) in [6.07, 6.45) is -6.24. The number of aliphatic carboxylic acids is 1. The molecule has 2 aromatic heterocycles. The van der Waals surface area contributed by atoms with Crippen molar-refractivity contribution in [1.82, 2.24) is 20.8 Å². The minimum absolute atomic E-state index is 0. The van der Waals surface area contributed by atoms with E-state index >= 15 is 0 Å². The Labute approximate surface area is 427 Å². The first-order valence-electron chi connectivity index (χ1n) is 21.1. The van der Waals surface area contributed by atoms with Crippen LogP contribution in [0.1, 0.15) is 71.6 Å². The molecule has 0 saturated carbocycles. The Morgan fingerprint density at radius 2 is 1.47 bits per heavy atom. The number of carbonyl (C=O) groups is 5. The first-order valence-corrected chi connectivity index (χ1v) is 22.9. The zero-order valence-corrected chi connectivity index (χ0v) is 43.4. The number of nitrogens with two attached hydrogens (primary N) is 1. The van der Waals surface area contributed by atoms with Gasteiger partial charge in [0.25, 0.3) is 0 Å². The molecule has 0 bridgehead atoms. The van der Waals surface area contributed by atoms with Crippen molar-refractivity contribution in [2.75, 3.05) is 6.16 Å². The Morgan fingerprint density at radius 3 is 2.06 bits per heavy atom. The van der Waals surface area contributed by atoms with Crippen LogP contribution in [-0.2, 0) is 50.6 Å². The fourth-order valence-electron chi connectivity index (χ4n) is 7.77. The second-order valence-corrected chi connectivity index (χ2v) is 19.1. The minimum atomic E-state index is -4.85. The van der Waals surface area contributed by atoms with Gasteiger partial charge in [-0.15, -0.1) is 0 Å². The Hall–Kier alpha value is -2.98. The number of Topliss-reactive ketones (excluding diaryl/α,β-unsaturated/α-hetero) is 1. The maximum atomic E-state index is 13.1. The summed E-state index contributed by atoms with van der Waals surface area (Å²) in [6, 6.07) is 15.5. The summed E-state index contributed by atoms with van der Waals surface area (Å²) in [5.41, 5.74) is 10.3. The summed E-state index contributed by atoms with van der Waals surface area (Å²) < 4.78 is 23.0. The molecule has 1 saturated heterocycles. The van der Waals surface area contributed by atoms with Gasteiger partial charge in [0.2, 0.25) is 17.7 Å². The zero-order valence-electron chi connectivity index (χ0n) is 38.5. The second-order valence-electron chi connectivity index (χ2n) is 17.3. The third-order valence-corrected chi connectivity index (χ3v) is 12.4. The number of carbonyl (C=O) groups excluding carboxylic acids is 5. The molecule has 0 radical (unpaired) electrons. The monoisotopic (exact) mass is 959 g/mol. The Balaban J connectivity index is 0.000000461. The van der Waals surface area contributed by atoms with E-state index in [-0.39, 0.29) is 102 Å². The molecule has 10 atom stereocenters. The number of ether oxygens (including phenoxy) is 1. The van der Waals surface area contributed by atoms with Gasteiger partial charge in [0.05, 0.1) is 24.0 Å². The SMILES string of the molecule is CC(C)C[C@H](CC(=O)NO)C(=O)C[C@@H](Cc1cc2ccccc2[nH]1)C(N)=O.CC(C)C[C@H](CP(=O)([O-])OC1OC(C)C(O)C(O)C1O)C(=O)N[C@@H](Cc1c[nH]c2ccccc12)C(=O)[O-].[Na+].[Na+]. The second kappa shape index (κ2) is 27.3. The van der Waals surface area contributed by atoms with E-state index in [1.165, 1.54) is 6.92 Å². The number of fused-ring (bicyclic) bond motifs is 2. The number of aliphatic hydroxyl groups excluding tert-OH is 3. The molecule has 2 aromatic carbocycles. The van der Waals surface area contributed by atoms with Crippen molar-refractivity contribution >= 4 is 58.9 Å². The van der Waals surface area contributed by atoms with Crippen LogP contribution in [0.5, 0.6) is 0 Å². The smallest absolute Gasteiger partial charge is 0.778 e. The van der Waals surface area contributed by atoms with Gasteiger partial charge in [-0.1, -0.05) is 64.1 Å². The number of H-pyrrole nitrogens is 2. The maximum Gasteiger partial charge on any atom is 1.00 e. The predicted molar refractivity (Wildman–Crippen MR) is 230 cm³/mol. The molecule has 0 spiro atoms. The van der Waals surface area contributed by atoms with Crippen molar-refractivity contribution in [3.05, 3.63) is 72.1 Å². The zero-order chi connectivity index (χ0) is 47.5. The summed E-state index contributed by atoms with van der Waals surface area (Å²) in [5.74, 6) is -5.99. The molecular weight excluding hydrogens is 899 g/mol. The minimum Gasteiger partial charge on any atom is -0.778 e. The van der Waals surface area contributed by atoms with Crippen molar-refractivity contribution in [3.63, 3.8) is 0 Å². The van der Waals surface area contributed by atoms with E-state index < -0.39 is 91.9 Å². The third-order valence-electron chi connectivity index (χ3n) is 11.0. The molecule has 3 amide bonds. The van der Waals surface area contributed by atoms with Crippen LogP contribution in [0.2, 0.25) is 0 Å². The number of benzene rings is 2. The van der Waals surface area contributed by atoms with Crippen molar-refractivity contribution in [3.8, 4) is 0 Å². The van der Waals surface area contributed by atoms with E-state index in [0.29, 0.717) is 18.4 Å². The fourth-order valence-corrected chi connectivity index (χ4v) is 9.20. The number of hydroxylamine groups is 1. The average Bonchev–Trinajstić information content (AvgIpc) is 3.84. The van der Waals surface area contributed by atoms with Crippen molar-refractivity contribution in [1.29, 1.82) is 0 Å².